The number of carbonyl (C=O) groups excluding carboxylic acids is 1. The lowest BCUT2D eigenvalue weighted by atomic mass is 10.3. The molecule has 2 heterocycles. The monoisotopic (exact) mass is 350 g/mol. The summed E-state index contributed by atoms with van der Waals surface area (Å²) >= 11 is 7.47. The molecule has 0 saturated carbocycles. The lowest BCUT2D eigenvalue weighted by Gasteiger charge is -2.04. The van der Waals surface area contributed by atoms with Gasteiger partial charge in [-0.3, -0.25) is 4.79 Å². The number of imidazole rings is 1. The van der Waals surface area contributed by atoms with Crippen molar-refractivity contribution in [1.29, 1.82) is 0 Å². The lowest BCUT2D eigenvalue weighted by Crippen LogP contribution is -2.20. The normalized spacial score (nSPS) is 12.2. The topological polar surface area (TPSA) is 61.4 Å². The second kappa shape index (κ2) is 6.66. The van der Waals surface area contributed by atoms with E-state index < -0.39 is 0 Å². The van der Waals surface area contributed by atoms with Gasteiger partial charge in [0.25, 0.3) is 0 Å². The summed E-state index contributed by atoms with van der Waals surface area (Å²) in [6.07, 6.45) is 3.29. The number of hydrogen-bond donors (Lipinski definition) is 0. The zero-order valence-electron chi connectivity index (χ0n) is 12.7. The summed E-state index contributed by atoms with van der Waals surface area (Å²) in [6.45, 7) is 1.13. The maximum absolute atomic E-state index is 12.4. The summed E-state index contributed by atoms with van der Waals surface area (Å²) in [5.74, 6) is -0.0694. The smallest absolute Gasteiger partial charge is 0.315 e. The third-order valence-electron chi connectivity index (χ3n) is 3.37. The number of fused-ring (bicyclic) bond motifs is 1. The minimum Gasteiger partial charge on any atom is -0.383 e. The Hall–Kier alpha value is -1.96. The zero-order valence-corrected chi connectivity index (χ0v) is 14.3. The third kappa shape index (κ3) is 3.21. The number of methoxy groups -OCH3 is 1. The Balaban J connectivity index is 2.13. The summed E-state index contributed by atoms with van der Waals surface area (Å²) in [5.41, 5.74) is 0.975. The number of thiazole rings is 1. The molecule has 0 atom stereocenters. The van der Waals surface area contributed by atoms with Crippen LogP contribution < -0.4 is 4.80 Å². The minimum atomic E-state index is -0.374. The number of benzene rings is 1. The fourth-order valence-corrected chi connectivity index (χ4v) is 3.57. The fourth-order valence-electron chi connectivity index (χ4n) is 2.24. The molecule has 0 bridgehead atoms. The fraction of sp³-hybridized carbons (Fsp3) is 0.267. The molecule has 0 fully saturated rings. The lowest BCUT2D eigenvalue weighted by molar-refractivity contribution is 0.0984. The zero-order chi connectivity index (χ0) is 16.4. The first kappa shape index (κ1) is 15.9. The van der Waals surface area contributed by atoms with Gasteiger partial charge < -0.3 is 13.9 Å². The van der Waals surface area contributed by atoms with Gasteiger partial charge in [-0.2, -0.15) is 4.99 Å². The number of halogens is 1. The molecule has 0 N–H and O–H groups in total. The van der Waals surface area contributed by atoms with Crippen molar-refractivity contribution in [2.75, 3.05) is 13.7 Å². The molecule has 6 nitrogen and oxygen atoms in total. The van der Waals surface area contributed by atoms with E-state index in [9.17, 15) is 4.79 Å². The predicted molar refractivity (Wildman–Crippen MR) is 89.8 cm³/mol. The predicted octanol–water partition coefficient (Wildman–Crippen LogP) is 2.48. The van der Waals surface area contributed by atoms with Gasteiger partial charge in [-0.05, 0) is 18.2 Å². The first-order valence-electron chi connectivity index (χ1n) is 6.94. The Bertz CT molecular complexity index is 925. The molecular formula is C15H15ClN4O2S. The quantitative estimate of drug-likeness (QED) is 0.726. The molecule has 0 aliphatic carbocycles. The number of ether oxygens (including phenoxy) is 1. The van der Waals surface area contributed by atoms with E-state index >= 15 is 0 Å². The number of hydrogen-bond acceptors (Lipinski definition) is 4. The van der Waals surface area contributed by atoms with Crippen molar-refractivity contribution in [3.05, 3.63) is 46.2 Å². The van der Waals surface area contributed by atoms with Crippen LogP contribution in [0.1, 0.15) is 10.6 Å². The number of aromatic nitrogens is 3. The molecule has 3 aromatic rings. The van der Waals surface area contributed by atoms with Gasteiger partial charge in [0.15, 0.2) is 4.80 Å². The van der Waals surface area contributed by atoms with Crippen molar-refractivity contribution in [2.45, 2.75) is 6.54 Å². The third-order valence-corrected chi connectivity index (χ3v) is 4.65. The van der Waals surface area contributed by atoms with Crippen molar-refractivity contribution < 1.29 is 9.53 Å². The molecule has 3 rings (SSSR count). The van der Waals surface area contributed by atoms with E-state index in [0.29, 0.717) is 28.8 Å². The second-order valence-electron chi connectivity index (χ2n) is 4.92. The second-order valence-corrected chi connectivity index (χ2v) is 6.37. The Morgan fingerprint density at radius 3 is 3.00 bits per heavy atom. The Kier molecular flexibility index (Phi) is 4.61. The molecule has 0 radical (unpaired) electrons. The number of nitrogens with zero attached hydrogens (tertiary/aromatic N) is 4. The van der Waals surface area contributed by atoms with Crippen LogP contribution in [-0.2, 0) is 18.3 Å². The van der Waals surface area contributed by atoms with Gasteiger partial charge in [-0.15, -0.1) is 0 Å². The summed E-state index contributed by atoms with van der Waals surface area (Å²) in [4.78, 5) is 21.2. The molecule has 1 aromatic carbocycles. The van der Waals surface area contributed by atoms with Crippen LogP contribution in [0.15, 0.2) is 35.6 Å². The van der Waals surface area contributed by atoms with Crippen molar-refractivity contribution in [3.63, 3.8) is 0 Å². The number of amides is 1. The van der Waals surface area contributed by atoms with Crippen LogP contribution in [0.25, 0.3) is 10.2 Å². The first-order chi connectivity index (χ1) is 11.1. The largest absolute Gasteiger partial charge is 0.383 e. The molecule has 120 valence electrons. The molecule has 0 aliphatic rings. The number of aryl methyl sites for hydroxylation is 1. The maximum atomic E-state index is 12.4. The molecule has 23 heavy (non-hydrogen) atoms. The van der Waals surface area contributed by atoms with Crippen LogP contribution in [-0.4, -0.2) is 33.7 Å². The van der Waals surface area contributed by atoms with Gasteiger partial charge in [-0.1, -0.05) is 22.9 Å². The average molecular weight is 351 g/mol. The van der Waals surface area contributed by atoms with E-state index in [1.54, 1.807) is 31.1 Å². The molecular weight excluding hydrogens is 336 g/mol. The van der Waals surface area contributed by atoms with Crippen LogP contribution >= 0.6 is 22.9 Å². The molecule has 8 heteroatoms. The highest BCUT2D eigenvalue weighted by atomic mass is 35.5. The van der Waals surface area contributed by atoms with Crippen LogP contribution in [0.4, 0.5) is 0 Å². The summed E-state index contributed by atoms with van der Waals surface area (Å²) in [5, 5.41) is 0.652. The highest BCUT2D eigenvalue weighted by Gasteiger charge is 2.12. The highest BCUT2D eigenvalue weighted by molar-refractivity contribution is 7.16. The summed E-state index contributed by atoms with van der Waals surface area (Å²) in [7, 11) is 3.40. The van der Waals surface area contributed by atoms with Crippen LogP contribution in [0, 0.1) is 0 Å². The van der Waals surface area contributed by atoms with Crippen molar-refractivity contribution >= 4 is 39.1 Å². The van der Waals surface area contributed by atoms with Crippen molar-refractivity contribution in [1.82, 2.24) is 14.1 Å². The van der Waals surface area contributed by atoms with Crippen molar-refractivity contribution in [2.24, 2.45) is 12.0 Å². The molecule has 0 unspecified atom stereocenters. The molecule has 0 aliphatic heterocycles. The van der Waals surface area contributed by atoms with Crippen LogP contribution in [0.5, 0.6) is 0 Å². The average Bonchev–Trinajstić information content (AvgIpc) is 3.08. The summed E-state index contributed by atoms with van der Waals surface area (Å²) < 4.78 is 9.73. The molecule has 2 aromatic heterocycles. The van der Waals surface area contributed by atoms with Crippen LogP contribution in [0.3, 0.4) is 0 Å². The molecule has 0 spiro atoms. The van der Waals surface area contributed by atoms with E-state index in [1.165, 1.54) is 11.3 Å². The summed E-state index contributed by atoms with van der Waals surface area (Å²) in [6, 6.07) is 5.62. The van der Waals surface area contributed by atoms with E-state index in [1.807, 2.05) is 22.8 Å². The van der Waals surface area contributed by atoms with E-state index in [2.05, 4.69) is 9.98 Å². The highest BCUT2D eigenvalue weighted by Crippen LogP contribution is 2.21. The standard InChI is InChI=1S/C15H15ClN4O2S/c1-19-6-5-17-13(19)14(21)18-15-20(7-8-22-2)11-4-3-10(16)9-12(11)23-15/h3-6,9H,7-8H2,1-2H3. The Morgan fingerprint density at radius 2 is 2.30 bits per heavy atom. The van der Waals surface area contributed by atoms with Gasteiger partial charge in [0.1, 0.15) is 0 Å². The van der Waals surface area contributed by atoms with Gasteiger partial charge in [-0.25, -0.2) is 4.98 Å². The van der Waals surface area contributed by atoms with E-state index in [0.717, 1.165) is 10.2 Å². The van der Waals surface area contributed by atoms with E-state index in [4.69, 9.17) is 16.3 Å². The molecule has 0 saturated heterocycles. The van der Waals surface area contributed by atoms with Gasteiger partial charge in [0.2, 0.25) is 5.82 Å². The first-order valence-corrected chi connectivity index (χ1v) is 8.14. The maximum Gasteiger partial charge on any atom is 0.315 e. The Labute approximate surface area is 141 Å². The minimum absolute atomic E-state index is 0.304. The van der Waals surface area contributed by atoms with Gasteiger partial charge in [0, 0.05) is 38.1 Å². The molecule has 1 amide bonds. The van der Waals surface area contributed by atoms with Crippen molar-refractivity contribution in [3.8, 4) is 0 Å². The SMILES string of the molecule is COCCn1c(=NC(=O)c2nccn2C)sc2cc(Cl)ccc21. The van der Waals surface area contributed by atoms with E-state index in [-0.39, 0.29) is 5.91 Å². The van der Waals surface area contributed by atoms with Gasteiger partial charge in [0.05, 0.1) is 16.8 Å². The van der Waals surface area contributed by atoms with Gasteiger partial charge >= 0.3 is 5.91 Å². The number of carbonyl (C=O) groups is 1. The Morgan fingerprint density at radius 1 is 1.48 bits per heavy atom. The van der Waals surface area contributed by atoms with Crippen LogP contribution in [0.2, 0.25) is 5.02 Å². The number of rotatable bonds is 4.